The third-order valence-corrected chi connectivity index (χ3v) is 2.13. The predicted octanol–water partition coefficient (Wildman–Crippen LogP) is 5.04. The van der Waals surface area contributed by atoms with Crippen LogP contribution in [0.2, 0.25) is 0 Å². The summed E-state index contributed by atoms with van der Waals surface area (Å²) in [6.45, 7) is 15.5. The first-order valence-corrected chi connectivity index (χ1v) is 6.62. The fraction of sp³-hybridized carbons (Fsp3) is 0.600. The monoisotopic (exact) mass is 223 g/mol. The number of rotatable bonds is 3. The van der Waals surface area contributed by atoms with Gasteiger partial charge in [-0.2, -0.15) is 0 Å². The quantitative estimate of drug-likeness (QED) is 0.757. The lowest BCUT2D eigenvalue weighted by Gasteiger charge is -2.11. The Morgan fingerprint density at radius 1 is 1.00 bits per heavy atom. The second-order valence-corrected chi connectivity index (χ2v) is 2.98. The summed E-state index contributed by atoms with van der Waals surface area (Å²) in [6, 6.07) is 6.42. The minimum Gasteiger partial charge on any atom is -0.385 e. The van der Waals surface area contributed by atoms with E-state index in [2.05, 4.69) is 44.3 Å². The lowest BCUT2D eigenvalue weighted by Crippen LogP contribution is -2.01. The Balaban J connectivity index is 0. The van der Waals surface area contributed by atoms with Crippen LogP contribution in [0, 0.1) is 6.92 Å². The van der Waals surface area contributed by atoms with Crippen molar-refractivity contribution in [1.82, 2.24) is 0 Å². The Morgan fingerprint density at radius 3 is 2.00 bits per heavy atom. The number of benzene rings is 1. The zero-order valence-corrected chi connectivity index (χ0v) is 12.1. The highest BCUT2D eigenvalue weighted by atomic mass is 14.9. The van der Waals surface area contributed by atoms with Crippen molar-refractivity contribution < 1.29 is 0 Å². The Labute approximate surface area is 102 Å². The van der Waals surface area contributed by atoms with Gasteiger partial charge < -0.3 is 5.32 Å². The minimum atomic E-state index is 0.996. The summed E-state index contributed by atoms with van der Waals surface area (Å²) >= 11 is 0. The van der Waals surface area contributed by atoms with Crippen LogP contribution in [0.15, 0.2) is 18.2 Å². The maximum absolute atomic E-state index is 3.37. The van der Waals surface area contributed by atoms with E-state index in [4.69, 9.17) is 0 Å². The molecule has 1 rings (SSSR count). The van der Waals surface area contributed by atoms with E-state index >= 15 is 0 Å². The highest BCUT2D eigenvalue weighted by Crippen LogP contribution is 2.19. The van der Waals surface area contributed by atoms with Gasteiger partial charge in [0.15, 0.2) is 0 Å². The fourth-order valence-electron chi connectivity index (χ4n) is 1.53. The Morgan fingerprint density at radius 2 is 1.56 bits per heavy atom. The standard InChI is InChI=1S/C11H17N.2C2H6/c1-4-10-9(3)7-6-8-11(10)12-5-2;2*1-2/h6-8,12H,4-5H2,1-3H3;2*1-2H3. The van der Waals surface area contributed by atoms with Crippen molar-refractivity contribution in [2.24, 2.45) is 0 Å². The van der Waals surface area contributed by atoms with Gasteiger partial charge in [-0.15, -0.1) is 0 Å². The molecule has 1 nitrogen and oxygen atoms in total. The topological polar surface area (TPSA) is 12.0 Å². The van der Waals surface area contributed by atoms with Crippen LogP contribution in [0.1, 0.15) is 52.7 Å². The van der Waals surface area contributed by atoms with Crippen molar-refractivity contribution in [1.29, 1.82) is 0 Å². The molecule has 0 amide bonds. The first-order valence-electron chi connectivity index (χ1n) is 6.62. The zero-order chi connectivity index (χ0) is 13.0. The molecule has 0 spiro atoms. The van der Waals surface area contributed by atoms with Gasteiger partial charge in [0.25, 0.3) is 0 Å². The van der Waals surface area contributed by atoms with Crippen molar-refractivity contribution in [3.63, 3.8) is 0 Å². The molecule has 0 aliphatic heterocycles. The number of aryl methyl sites for hydroxylation is 1. The molecule has 1 aromatic carbocycles. The van der Waals surface area contributed by atoms with Crippen molar-refractivity contribution in [3.8, 4) is 0 Å². The maximum Gasteiger partial charge on any atom is 0.0375 e. The van der Waals surface area contributed by atoms with E-state index in [0.29, 0.717) is 0 Å². The Hall–Kier alpha value is -0.980. The van der Waals surface area contributed by atoms with Crippen molar-refractivity contribution >= 4 is 5.69 Å². The molecular formula is C15H29N. The van der Waals surface area contributed by atoms with Crippen LogP contribution in [0.4, 0.5) is 5.69 Å². The molecule has 0 bridgehead atoms. The molecule has 0 saturated heterocycles. The molecule has 0 unspecified atom stereocenters. The van der Waals surface area contributed by atoms with Crippen LogP contribution in [0.25, 0.3) is 0 Å². The molecule has 0 heterocycles. The average Bonchev–Trinajstić information content (AvgIpc) is 2.35. The van der Waals surface area contributed by atoms with Crippen LogP contribution < -0.4 is 5.32 Å². The summed E-state index contributed by atoms with van der Waals surface area (Å²) < 4.78 is 0. The van der Waals surface area contributed by atoms with Gasteiger partial charge in [-0.05, 0) is 37.5 Å². The molecule has 1 heteroatoms. The van der Waals surface area contributed by atoms with Gasteiger partial charge in [-0.25, -0.2) is 0 Å². The molecule has 0 aromatic heterocycles. The highest BCUT2D eigenvalue weighted by molar-refractivity contribution is 5.54. The summed E-state index contributed by atoms with van der Waals surface area (Å²) in [7, 11) is 0. The van der Waals surface area contributed by atoms with E-state index in [1.165, 1.54) is 16.8 Å². The first-order chi connectivity index (χ1) is 7.79. The normalized spacial score (nSPS) is 8.19. The Bertz CT molecular complexity index is 254. The molecule has 0 saturated carbocycles. The zero-order valence-electron chi connectivity index (χ0n) is 12.1. The summed E-state index contributed by atoms with van der Waals surface area (Å²) in [5.74, 6) is 0. The van der Waals surface area contributed by atoms with E-state index in [1.54, 1.807) is 0 Å². The molecule has 0 aliphatic carbocycles. The molecule has 1 N–H and O–H groups in total. The van der Waals surface area contributed by atoms with Gasteiger partial charge in [0, 0.05) is 12.2 Å². The minimum absolute atomic E-state index is 0.996. The number of hydrogen-bond donors (Lipinski definition) is 1. The van der Waals surface area contributed by atoms with Gasteiger partial charge in [-0.1, -0.05) is 46.8 Å². The molecule has 0 radical (unpaired) electrons. The first kappa shape index (κ1) is 17.4. The van der Waals surface area contributed by atoms with E-state index < -0.39 is 0 Å². The van der Waals surface area contributed by atoms with Gasteiger partial charge in [-0.3, -0.25) is 0 Å². The lowest BCUT2D eigenvalue weighted by molar-refractivity contribution is 1.09. The predicted molar refractivity (Wildman–Crippen MR) is 77.4 cm³/mol. The summed E-state index contributed by atoms with van der Waals surface area (Å²) in [5, 5.41) is 3.37. The van der Waals surface area contributed by atoms with Crippen molar-refractivity contribution in [2.75, 3.05) is 11.9 Å². The van der Waals surface area contributed by atoms with Gasteiger partial charge in [0.1, 0.15) is 0 Å². The average molecular weight is 223 g/mol. The van der Waals surface area contributed by atoms with Gasteiger partial charge >= 0.3 is 0 Å². The second kappa shape index (κ2) is 12.1. The SMILES string of the molecule is CC.CC.CCNc1cccc(C)c1CC. The van der Waals surface area contributed by atoms with Crippen LogP contribution in [0.3, 0.4) is 0 Å². The smallest absolute Gasteiger partial charge is 0.0375 e. The van der Waals surface area contributed by atoms with Crippen LogP contribution in [-0.4, -0.2) is 6.54 Å². The maximum atomic E-state index is 3.37. The molecule has 0 atom stereocenters. The highest BCUT2D eigenvalue weighted by Gasteiger charge is 2.00. The van der Waals surface area contributed by atoms with E-state index in [9.17, 15) is 0 Å². The summed E-state index contributed by atoms with van der Waals surface area (Å²) in [6.07, 6.45) is 1.11. The molecule has 0 fully saturated rings. The van der Waals surface area contributed by atoms with Crippen molar-refractivity contribution in [3.05, 3.63) is 29.3 Å². The second-order valence-electron chi connectivity index (χ2n) is 2.98. The van der Waals surface area contributed by atoms with Crippen LogP contribution >= 0.6 is 0 Å². The van der Waals surface area contributed by atoms with Crippen molar-refractivity contribution in [2.45, 2.75) is 54.9 Å². The summed E-state index contributed by atoms with van der Waals surface area (Å²) in [5.41, 5.74) is 4.12. The van der Waals surface area contributed by atoms with Crippen LogP contribution in [-0.2, 0) is 6.42 Å². The third-order valence-electron chi connectivity index (χ3n) is 2.13. The molecule has 16 heavy (non-hydrogen) atoms. The number of hydrogen-bond acceptors (Lipinski definition) is 1. The van der Waals surface area contributed by atoms with E-state index in [-0.39, 0.29) is 0 Å². The number of anilines is 1. The molecule has 94 valence electrons. The molecule has 1 aromatic rings. The van der Waals surface area contributed by atoms with Crippen LogP contribution in [0.5, 0.6) is 0 Å². The van der Waals surface area contributed by atoms with E-state index in [0.717, 1.165) is 13.0 Å². The summed E-state index contributed by atoms with van der Waals surface area (Å²) in [4.78, 5) is 0. The van der Waals surface area contributed by atoms with E-state index in [1.807, 2.05) is 27.7 Å². The Kier molecular flexibility index (Phi) is 13.2. The third kappa shape index (κ3) is 5.79. The fourth-order valence-corrected chi connectivity index (χ4v) is 1.53. The van der Waals surface area contributed by atoms with Gasteiger partial charge in [0.2, 0.25) is 0 Å². The largest absolute Gasteiger partial charge is 0.385 e. The van der Waals surface area contributed by atoms with Gasteiger partial charge in [0.05, 0.1) is 0 Å². The molecular weight excluding hydrogens is 194 g/mol. The lowest BCUT2D eigenvalue weighted by atomic mass is 10.0. The molecule has 0 aliphatic rings. The number of nitrogens with one attached hydrogen (secondary N) is 1.